The molecule has 0 aliphatic rings. The number of thiazole rings is 1. The minimum Gasteiger partial charge on any atom is -0.497 e. The van der Waals surface area contributed by atoms with Gasteiger partial charge in [-0.1, -0.05) is 41.7 Å². The molecule has 1 heterocycles. The minimum atomic E-state index is 0.850. The summed E-state index contributed by atoms with van der Waals surface area (Å²) in [6.07, 6.45) is 0. The summed E-state index contributed by atoms with van der Waals surface area (Å²) in [6, 6.07) is 18.2. The molecule has 0 atom stereocenters. The fourth-order valence-electron chi connectivity index (χ4n) is 2.14. The first-order chi connectivity index (χ1) is 10.3. The van der Waals surface area contributed by atoms with Crippen molar-refractivity contribution in [3.05, 3.63) is 54.6 Å². The number of ether oxygens (including phenoxy) is 1. The van der Waals surface area contributed by atoms with Crippen LogP contribution in [0.15, 0.2) is 54.6 Å². The zero-order chi connectivity index (χ0) is 14.7. The molecule has 106 valence electrons. The summed E-state index contributed by atoms with van der Waals surface area (Å²) in [5.74, 6) is 0.850. The average molecular weight is 296 g/mol. The third kappa shape index (κ3) is 2.76. The number of methoxy groups -OCH3 is 1. The number of nitrogens with one attached hydrogen (secondary N) is 1. The van der Waals surface area contributed by atoms with Gasteiger partial charge in [-0.2, -0.15) is 0 Å². The summed E-state index contributed by atoms with van der Waals surface area (Å²) in [5, 5.41) is 5.33. The molecule has 0 spiro atoms. The van der Waals surface area contributed by atoms with Gasteiger partial charge in [0.1, 0.15) is 21.5 Å². The smallest absolute Gasteiger partial charge is 0.126 e. The van der Waals surface area contributed by atoms with E-state index in [0.29, 0.717) is 0 Å². The Balaban J connectivity index is 2.03. The van der Waals surface area contributed by atoms with Gasteiger partial charge >= 0.3 is 0 Å². The highest BCUT2D eigenvalue weighted by molar-refractivity contribution is 7.19. The van der Waals surface area contributed by atoms with Crippen LogP contribution in [0.3, 0.4) is 0 Å². The molecule has 0 unspecified atom stereocenters. The van der Waals surface area contributed by atoms with E-state index in [-0.39, 0.29) is 0 Å². The Morgan fingerprint density at radius 1 is 0.952 bits per heavy atom. The molecule has 0 aliphatic heterocycles. The largest absolute Gasteiger partial charge is 0.497 e. The highest BCUT2D eigenvalue weighted by Gasteiger charge is 2.13. The molecule has 0 aliphatic carbocycles. The van der Waals surface area contributed by atoms with Gasteiger partial charge in [0.15, 0.2) is 0 Å². The summed E-state index contributed by atoms with van der Waals surface area (Å²) in [5.41, 5.74) is 3.20. The van der Waals surface area contributed by atoms with Gasteiger partial charge in [-0.3, -0.25) is 0 Å². The maximum absolute atomic E-state index is 5.20. The summed E-state index contributed by atoms with van der Waals surface area (Å²) < 4.78 is 5.20. The van der Waals surface area contributed by atoms with Gasteiger partial charge in [-0.15, -0.1) is 0 Å². The second-order valence-corrected chi connectivity index (χ2v) is 5.54. The van der Waals surface area contributed by atoms with Crippen LogP contribution in [0.4, 0.5) is 5.00 Å². The molecule has 1 aromatic heterocycles. The van der Waals surface area contributed by atoms with Crippen molar-refractivity contribution < 1.29 is 4.74 Å². The highest BCUT2D eigenvalue weighted by Crippen LogP contribution is 2.37. The van der Waals surface area contributed by atoms with E-state index in [0.717, 1.165) is 32.6 Å². The van der Waals surface area contributed by atoms with Crippen molar-refractivity contribution in [1.82, 2.24) is 4.98 Å². The van der Waals surface area contributed by atoms with Gasteiger partial charge in [-0.25, -0.2) is 4.98 Å². The molecule has 1 N–H and O–H groups in total. The predicted molar refractivity (Wildman–Crippen MR) is 89.1 cm³/mol. The van der Waals surface area contributed by atoms with Crippen LogP contribution < -0.4 is 10.1 Å². The van der Waals surface area contributed by atoms with Crippen LogP contribution in [0.1, 0.15) is 0 Å². The van der Waals surface area contributed by atoms with Gasteiger partial charge < -0.3 is 10.1 Å². The van der Waals surface area contributed by atoms with E-state index in [1.807, 2.05) is 49.5 Å². The molecule has 0 amide bonds. The summed E-state index contributed by atoms with van der Waals surface area (Å²) in [4.78, 5) is 4.79. The van der Waals surface area contributed by atoms with Crippen LogP contribution >= 0.6 is 11.3 Å². The van der Waals surface area contributed by atoms with E-state index in [2.05, 4.69) is 17.4 Å². The van der Waals surface area contributed by atoms with E-state index in [1.165, 1.54) is 0 Å². The lowest BCUT2D eigenvalue weighted by Crippen LogP contribution is -1.88. The van der Waals surface area contributed by atoms with Crippen molar-refractivity contribution in [3.63, 3.8) is 0 Å². The second-order valence-electron chi connectivity index (χ2n) is 4.54. The Hall–Kier alpha value is -2.33. The summed E-state index contributed by atoms with van der Waals surface area (Å²) >= 11 is 1.66. The molecule has 0 fully saturated rings. The van der Waals surface area contributed by atoms with E-state index in [4.69, 9.17) is 9.72 Å². The third-order valence-corrected chi connectivity index (χ3v) is 4.36. The molecule has 2 aromatic carbocycles. The molecule has 4 heteroatoms. The zero-order valence-corrected chi connectivity index (χ0v) is 12.8. The van der Waals surface area contributed by atoms with E-state index >= 15 is 0 Å². The standard InChI is InChI=1S/C17H16N2OS/c1-18-17-15(12-8-10-14(20-2)11-9-12)19-16(21-17)13-6-4-3-5-7-13/h3-11,18H,1-2H3. The lowest BCUT2D eigenvalue weighted by molar-refractivity contribution is 0.415. The molecular formula is C17H16N2OS. The monoisotopic (exact) mass is 296 g/mol. The zero-order valence-electron chi connectivity index (χ0n) is 12.0. The van der Waals surface area contributed by atoms with Gasteiger partial charge in [0.2, 0.25) is 0 Å². The fraction of sp³-hybridized carbons (Fsp3) is 0.118. The minimum absolute atomic E-state index is 0.850. The Morgan fingerprint density at radius 2 is 1.67 bits per heavy atom. The first kappa shape index (κ1) is 13.6. The maximum Gasteiger partial charge on any atom is 0.126 e. The fourth-order valence-corrected chi connectivity index (χ4v) is 3.08. The first-order valence-electron chi connectivity index (χ1n) is 6.70. The highest BCUT2D eigenvalue weighted by atomic mass is 32.1. The number of aromatic nitrogens is 1. The maximum atomic E-state index is 5.20. The van der Waals surface area contributed by atoms with Crippen LogP contribution in [0, 0.1) is 0 Å². The summed E-state index contributed by atoms with van der Waals surface area (Å²) in [6.45, 7) is 0. The molecule has 0 saturated carbocycles. The van der Waals surface area contributed by atoms with Gasteiger partial charge in [0.25, 0.3) is 0 Å². The summed E-state index contributed by atoms with van der Waals surface area (Å²) in [7, 11) is 3.60. The van der Waals surface area contributed by atoms with Crippen molar-refractivity contribution in [2.75, 3.05) is 19.5 Å². The van der Waals surface area contributed by atoms with Crippen molar-refractivity contribution in [1.29, 1.82) is 0 Å². The molecule has 0 saturated heterocycles. The molecule has 3 rings (SSSR count). The van der Waals surface area contributed by atoms with Crippen LogP contribution in [0.25, 0.3) is 21.8 Å². The number of benzene rings is 2. The predicted octanol–water partition coefficient (Wildman–Crippen LogP) is 4.53. The number of hydrogen-bond donors (Lipinski definition) is 1. The van der Waals surface area contributed by atoms with Gasteiger partial charge in [0.05, 0.1) is 7.11 Å². The molecule has 0 radical (unpaired) electrons. The Bertz CT molecular complexity index is 720. The van der Waals surface area contributed by atoms with E-state index in [9.17, 15) is 0 Å². The Kier molecular flexibility index (Phi) is 3.88. The normalized spacial score (nSPS) is 10.4. The number of anilines is 1. The van der Waals surface area contributed by atoms with Crippen LogP contribution in [0.2, 0.25) is 0 Å². The lowest BCUT2D eigenvalue weighted by Gasteiger charge is -2.03. The van der Waals surface area contributed by atoms with Crippen LogP contribution in [-0.4, -0.2) is 19.1 Å². The lowest BCUT2D eigenvalue weighted by atomic mass is 10.1. The molecule has 21 heavy (non-hydrogen) atoms. The number of hydrogen-bond acceptors (Lipinski definition) is 4. The quantitative estimate of drug-likeness (QED) is 0.768. The second kappa shape index (κ2) is 5.97. The van der Waals surface area contributed by atoms with E-state index < -0.39 is 0 Å². The van der Waals surface area contributed by atoms with Crippen molar-refractivity contribution >= 4 is 16.3 Å². The average Bonchev–Trinajstić information content (AvgIpc) is 3.00. The van der Waals surface area contributed by atoms with Crippen molar-refractivity contribution in [2.24, 2.45) is 0 Å². The van der Waals surface area contributed by atoms with Crippen molar-refractivity contribution in [3.8, 4) is 27.6 Å². The number of nitrogens with zero attached hydrogens (tertiary/aromatic N) is 1. The van der Waals surface area contributed by atoms with E-state index in [1.54, 1.807) is 18.4 Å². The van der Waals surface area contributed by atoms with Gasteiger partial charge in [0, 0.05) is 18.2 Å². The SMILES string of the molecule is CNc1sc(-c2ccccc2)nc1-c1ccc(OC)cc1. The van der Waals surface area contributed by atoms with Crippen LogP contribution in [0.5, 0.6) is 5.75 Å². The van der Waals surface area contributed by atoms with Crippen molar-refractivity contribution in [2.45, 2.75) is 0 Å². The molecule has 3 aromatic rings. The number of rotatable bonds is 4. The Morgan fingerprint density at radius 3 is 2.29 bits per heavy atom. The molecule has 3 nitrogen and oxygen atoms in total. The topological polar surface area (TPSA) is 34.2 Å². The van der Waals surface area contributed by atoms with Crippen LogP contribution in [-0.2, 0) is 0 Å². The molecular weight excluding hydrogens is 280 g/mol. The Labute approximate surface area is 128 Å². The van der Waals surface area contributed by atoms with Gasteiger partial charge in [-0.05, 0) is 24.3 Å². The molecule has 0 bridgehead atoms. The first-order valence-corrected chi connectivity index (χ1v) is 7.52. The third-order valence-electron chi connectivity index (χ3n) is 3.24.